The van der Waals surface area contributed by atoms with E-state index < -0.39 is 11.7 Å². The van der Waals surface area contributed by atoms with Crippen LogP contribution in [-0.4, -0.2) is 33.9 Å². The highest BCUT2D eigenvalue weighted by Crippen LogP contribution is 2.29. The molecule has 0 aliphatic heterocycles. The van der Waals surface area contributed by atoms with Crippen molar-refractivity contribution in [3.63, 3.8) is 0 Å². The van der Waals surface area contributed by atoms with Crippen molar-refractivity contribution < 1.29 is 18.7 Å². The average molecular weight is 572 g/mol. The number of carbonyl (C=O) groups excluding carboxylic acids is 2. The Bertz CT molecular complexity index is 1530. The molecule has 2 amide bonds. The molecule has 41 heavy (non-hydrogen) atoms. The number of rotatable bonds is 9. The largest absolute Gasteiger partial charge is 0.438 e. The van der Waals surface area contributed by atoms with E-state index in [9.17, 15) is 14.0 Å². The molecule has 2 aromatic heterocycles. The van der Waals surface area contributed by atoms with E-state index in [0.717, 1.165) is 41.2 Å². The van der Waals surface area contributed by atoms with E-state index >= 15 is 0 Å². The van der Waals surface area contributed by atoms with Gasteiger partial charge in [-0.1, -0.05) is 43.3 Å². The second-order valence-electron chi connectivity index (χ2n) is 10.2. The molecule has 2 aromatic carbocycles. The number of ether oxygens (including phenoxy) is 1. The van der Waals surface area contributed by atoms with Gasteiger partial charge >= 0.3 is 0 Å². The first-order valence-electron chi connectivity index (χ1n) is 13.7. The molecule has 5 rings (SSSR count). The Labute approximate surface area is 243 Å². The standard InChI is InChI=1S/C32H32FN4O3S/c1-3-6-21-7-4-8-22(15-21)23-9-5-10-27(16-23)40-32-28(17-24(33)18-34-32)30(38)36-25-11-13-26(14-12-25)37-31(39)29-19-41-20(2)35-29/h4-5,7-10,15-19,25-26H,1,3,6,11-14H2,2H3,(H,36,38)(H,37,39). The van der Waals surface area contributed by atoms with Crippen molar-refractivity contribution in [1.29, 1.82) is 0 Å². The number of nitrogens with zero attached hydrogens (tertiary/aromatic N) is 2. The lowest BCUT2D eigenvalue weighted by atomic mass is 9.91. The Morgan fingerprint density at radius 1 is 1.00 bits per heavy atom. The lowest BCUT2D eigenvalue weighted by Gasteiger charge is -2.29. The number of nitrogens with one attached hydrogen (secondary N) is 2. The smallest absolute Gasteiger partial charge is 0.270 e. The first kappa shape index (κ1) is 28.4. The molecule has 1 aliphatic rings. The van der Waals surface area contributed by atoms with Crippen molar-refractivity contribution in [3.05, 3.63) is 101 Å². The minimum Gasteiger partial charge on any atom is -0.438 e. The Morgan fingerprint density at radius 2 is 1.68 bits per heavy atom. The lowest BCUT2D eigenvalue weighted by Crippen LogP contribution is -2.44. The van der Waals surface area contributed by atoms with Crippen molar-refractivity contribution in [2.75, 3.05) is 0 Å². The van der Waals surface area contributed by atoms with Gasteiger partial charge in [0.2, 0.25) is 5.88 Å². The summed E-state index contributed by atoms with van der Waals surface area (Å²) in [4.78, 5) is 34.0. The Morgan fingerprint density at radius 3 is 2.37 bits per heavy atom. The molecular weight excluding hydrogens is 539 g/mol. The average Bonchev–Trinajstić information content (AvgIpc) is 3.42. The highest BCUT2D eigenvalue weighted by molar-refractivity contribution is 7.09. The summed E-state index contributed by atoms with van der Waals surface area (Å²) in [7, 11) is 0. The summed E-state index contributed by atoms with van der Waals surface area (Å²) in [5, 5.41) is 8.63. The lowest BCUT2D eigenvalue weighted by molar-refractivity contribution is 0.0888. The second kappa shape index (κ2) is 13.0. The summed E-state index contributed by atoms with van der Waals surface area (Å²) in [5.74, 6) is -0.725. The van der Waals surface area contributed by atoms with E-state index in [-0.39, 0.29) is 29.4 Å². The van der Waals surface area contributed by atoms with Crippen LogP contribution >= 0.6 is 11.3 Å². The molecule has 4 aromatic rings. The molecule has 1 saturated carbocycles. The van der Waals surface area contributed by atoms with Crippen LogP contribution in [-0.2, 0) is 6.42 Å². The van der Waals surface area contributed by atoms with Gasteiger partial charge in [0.25, 0.3) is 11.8 Å². The van der Waals surface area contributed by atoms with Crippen LogP contribution < -0.4 is 15.4 Å². The summed E-state index contributed by atoms with van der Waals surface area (Å²) < 4.78 is 20.2. The van der Waals surface area contributed by atoms with Gasteiger partial charge in [-0.25, -0.2) is 14.4 Å². The van der Waals surface area contributed by atoms with Gasteiger partial charge in [-0.3, -0.25) is 9.59 Å². The predicted molar refractivity (Wildman–Crippen MR) is 158 cm³/mol. The van der Waals surface area contributed by atoms with E-state index in [2.05, 4.69) is 39.7 Å². The van der Waals surface area contributed by atoms with Crippen LogP contribution in [0.5, 0.6) is 11.6 Å². The number of benzene rings is 2. The van der Waals surface area contributed by atoms with Crippen molar-refractivity contribution in [3.8, 4) is 22.8 Å². The van der Waals surface area contributed by atoms with E-state index in [4.69, 9.17) is 4.74 Å². The van der Waals surface area contributed by atoms with Gasteiger partial charge in [0.1, 0.15) is 22.8 Å². The molecule has 1 radical (unpaired) electrons. The third-order valence-corrected chi connectivity index (χ3v) is 7.86. The normalized spacial score (nSPS) is 16.7. The van der Waals surface area contributed by atoms with Gasteiger partial charge in [0.05, 0.1) is 11.2 Å². The van der Waals surface area contributed by atoms with Gasteiger partial charge in [0.15, 0.2) is 0 Å². The molecule has 2 N–H and O–H groups in total. The fourth-order valence-corrected chi connectivity index (χ4v) is 5.60. The third-order valence-electron chi connectivity index (χ3n) is 7.09. The van der Waals surface area contributed by atoms with E-state index in [0.29, 0.717) is 37.1 Å². The minimum absolute atomic E-state index is 0.0130. The molecule has 1 fully saturated rings. The molecule has 0 atom stereocenters. The van der Waals surface area contributed by atoms with Crippen molar-refractivity contribution in [2.24, 2.45) is 0 Å². The highest BCUT2D eigenvalue weighted by Gasteiger charge is 2.26. The molecular formula is C32H32FN4O3S. The first-order valence-corrected chi connectivity index (χ1v) is 14.6. The molecule has 9 heteroatoms. The number of hydrogen-bond acceptors (Lipinski definition) is 6. The fraction of sp³-hybridized carbons (Fsp3) is 0.281. The maximum atomic E-state index is 14.2. The number of amides is 2. The second-order valence-corrected chi connectivity index (χ2v) is 11.2. The van der Waals surface area contributed by atoms with Gasteiger partial charge in [-0.05, 0) is 80.3 Å². The first-order chi connectivity index (χ1) is 19.9. The van der Waals surface area contributed by atoms with Gasteiger partial charge in [0, 0.05) is 17.5 Å². The molecule has 0 bridgehead atoms. The topological polar surface area (TPSA) is 93.2 Å². The summed E-state index contributed by atoms with van der Waals surface area (Å²) in [6.45, 7) is 5.79. The SMILES string of the molecule is [CH2]CCc1cccc(-c2cccc(Oc3ncc(F)cc3C(=O)NC3CCC(NC(=O)c4csc(C)n4)CC3)c2)c1. The summed E-state index contributed by atoms with van der Waals surface area (Å²) in [6.07, 6.45) is 5.54. The number of aromatic nitrogens is 2. The van der Waals surface area contributed by atoms with Gasteiger partial charge < -0.3 is 15.4 Å². The van der Waals surface area contributed by atoms with E-state index in [1.165, 1.54) is 16.9 Å². The van der Waals surface area contributed by atoms with Crippen LogP contribution in [0.3, 0.4) is 0 Å². The minimum atomic E-state index is -0.623. The molecule has 0 spiro atoms. The summed E-state index contributed by atoms with van der Waals surface area (Å²) in [6, 6.07) is 16.8. The Kier molecular flexibility index (Phi) is 9.04. The van der Waals surface area contributed by atoms with Crippen LogP contribution in [0.2, 0.25) is 0 Å². The van der Waals surface area contributed by atoms with E-state index in [1.807, 2.05) is 37.3 Å². The Hall–Kier alpha value is -4.11. The quantitative estimate of drug-likeness (QED) is 0.234. The third kappa shape index (κ3) is 7.35. The van der Waals surface area contributed by atoms with Crippen LogP contribution in [0.15, 0.2) is 66.2 Å². The van der Waals surface area contributed by atoms with Crippen LogP contribution in [0.1, 0.15) is 63.5 Å². The zero-order chi connectivity index (χ0) is 28.8. The number of pyridine rings is 1. The Balaban J connectivity index is 1.22. The summed E-state index contributed by atoms with van der Waals surface area (Å²) >= 11 is 1.44. The molecule has 0 saturated heterocycles. The van der Waals surface area contributed by atoms with Crippen LogP contribution in [0.25, 0.3) is 11.1 Å². The molecule has 1 aliphatic carbocycles. The molecule has 0 unspecified atom stereocenters. The molecule has 211 valence electrons. The highest BCUT2D eigenvalue weighted by atomic mass is 32.1. The van der Waals surface area contributed by atoms with E-state index in [1.54, 1.807) is 11.4 Å². The predicted octanol–water partition coefficient (Wildman–Crippen LogP) is 6.68. The molecule has 2 heterocycles. The van der Waals surface area contributed by atoms with Gasteiger partial charge in [-0.15, -0.1) is 11.3 Å². The number of carbonyl (C=O) groups is 2. The fourth-order valence-electron chi connectivity index (χ4n) is 5.00. The van der Waals surface area contributed by atoms with Crippen molar-refractivity contribution in [2.45, 2.75) is 57.5 Å². The van der Waals surface area contributed by atoms with Crippen LogP contribution in [0, 0.1) is 19.7 Å². The van der Waals surface area contributed by atoms with Crippen LogP contribution in [0.4, 0.5) is 4.39 Å². The monoisotopic (exact) mass is 571 g/mol. The summed E-state index contributed by atoms with van der Waals surface area (Å²) in [5.41, 5.74) is 3.66. The van der Waals surface area contributed by atoms with Gasteiger partial charge in [-0.2, -0.15) is 0 Å². The zero-order valence-corrected chi connectivity index (χ0v) is 23.7. The zero-order valence-electron chi connectivity index (χ0n) is 22.9. The number of aryl methyl sites for hydroxylation is 2. The maximum absolute atomic E-state index is 14.2. The van der Waals surface area contributed by atoms with Crippen molar-refractivity contribution >= 4 is 23.2 Å². The molecule has 7 nitrogen and oxygen atoms in total. The van der Waals surface area contributed by atoms with Crippen molar-refractivity contribution in [1.82, 2.24) is 20.6 Å². The maximum Gasteiger partial charge on any atom is 0.270 e. The number of halogens is 1. The number of hydrogen-bond donors (Lipinski definition) is 2. The number of thiazole rings is 1.